The van der Waals surface area contributed by atoms with Gasteiger partial charge in [-0.3, -0.25) is 4.79 Å². The minimum Gasteiger partial charge on any atom is -0.467 e. The number of rotatable bonds is 7. The Kier molecular flexibility index (Phi) is 4.22. The van der Waals surface area contributed by atoms with E-state index in [1.54, 1.807) is 0 Å². The molecule has 0 aliphatic heterocycles. The maximum atomic E-state index is 11.6. The van der Waals surface area contributed by atoms with Gasteiger partial charge in [0.1, 0.15) is 6.04 Å². The molecule has 0 aromatic rings. The van der Waals surface area contributed by atoms with E-state index in [0.29, 0.717) is 12.6 Å². The number of ether oxygens (including phenoxy) is 1. The molecule has 2 rings (SSSR count). The van der Waals surface area contributed by atoms with Gasteiger partial charge in [-0.25, -0.2) is 4.79 Å². The van der Waals surface area contributed by atoms with Gasteiger partial charge in [-0.05, 0) is 37.5 Å². The molecule has 2 fully saturated rings. The molecule has 2 aliphatic rings. The molecule has 2 N–H and O–H groups in total. The highest BCUT2D eigenvalue weighted by molar-refractivity contribution is 5.83. The number of esters is 1. The molecule has 0 heterocycles. The fraction of sp³-hybridized carbons (Fsp3) is 0.846. The van der Waals surface area contributed by atoms with Crippen molar-refractivity contribution >= 4 is 11.9 Å². The second-order valence-corrected chi connectivity index (χ2v) is 5.39. The summed E-state index contributed by atoms with van der Waals surface area (Å²) < 4.78 is 4.70. The third-order valence-electron chi connectivity index (χ3n) is 3.68. The summed E-state index contributed by atoms with van der Waals surface area (Å²) in [6.07, 6.45) is 5.16. The van der Waals surface area contributed by atoms with E-state index >= 15 is 0 Å². The Morgan fingerprint density at radius 1 is 1.22 bits per heavy atom. The Labute approximate surface area is 108 Å². The Bertz CT molecular complexity index is 312. The van der Waals surface area contributed by atoms with Crippen molar-refractivity contribution in [3.63, 3.8) is 0 Å². The molecular weight excluding hydrogens is 232 g/mol. The van der Waals surface area contributed by atoms with Gasteiger partial charge in [-0.2, -0.15) is 0 Å². The average molecular weight is 254 g/mol. The monoisotopic (exact) mass is 254 g/mol. The van der Waals surface area contributed by atoms with Crippen LogP contribution in [0.2, 0.25) is 0 Å². The molecule has 2 aliphatic carbocycles. The summed E-state index contributed by atoms with van der Waals surface area (Å²) in [6, 6.07) is -0.0570. The molecule has 0 spiro atoms. The van der Waals surface area contributed by atoms with Crippen LogP contribution < -0.4 is 10.6 Å². The maximum absolute atomic E-state index is 11.6. The number of carbonyl (C=O) groups excluding carboxylic acids is 2. The predicted octanol–water partition coefficient (Wildman–Crippen LogP) is 0.442. The number of hydrogen-bond donors (Lipinski definition) is 2. The standard InChI is InChI=1S/C13H22N2O3/c1-8(16)15-11(13(17)18-2)7-14-12(9-3-4-9)10-5-6-10/h9-12,14H,3-7H2,1-2H3,(H,15,16). The van der Waals surface area contributed by atoms with Crippen molar-refractivity contribution in [2.45, 2.75) is 44.7 Å². The Hall–Kier alpha value is -1.10. The normalized spacial score (nSPS) is 20.6. The van der Waals surface area contributed by atoms with Gasteiger partial charge in [0.25, 0.3) is 0 Å². The van der Waals surface area contributed by atoms with Gasteiger partial charge >= 0.3 is 5.97 Å². The molecule has 1 atom stereocenters. The van der Waals surface area contributed by atoms with Gasteiger partial charge in [0.05, 0.1) is 7.11 Å². The molecule has 2 saturated carbocycles. The summed E-state index contributed by atoms with van der Waals surface area (Å²) in [5.41, 5.74) is 0. The van der Waals surface area contributed by atoms with E-state index in [-0.39, 0.29) is 11.9 Å². The van der Waals surface area contributed by atoms with Crippen LogP contribution in [0.4, 0.5) is 0 Å². The second-order valence-electron chi connectivity index (χ2n) is 5.39. The van der Waals surface area contributed by atoms with Crippen LogP contribution in [0, 0.1) is 11.8 Å². The van der Waals surface area contributed by atoms with Gasteiger partial charge in [0, 0.05) is 19.5 Å². The molecule has 5 nitrogen and oxygen atoms in total. The number of methoxy groups -OCH3 is 1. The van der Waals surface area contributed by atoms with Gasteiger partial charge in [-0.1, -0.05) is 0 Å². The molecule has 0 saturated heterocycles. The highest BCUT2D eigenvalue weighted by Crippen LogP contribution is 2.44. The van der Waals surface area contributed by atoms with Gasteiger partial charge in [-0.15, -0.1) is 0 Å². The van der Waals surface area contributed by atoms with Crippen LogP contribution in [0.25, 0.3) is 0 Å². The third kappa shape index (κ3) is 3.70. The van der Waals surface area contributed by atoms with Crippen molar-refractivity contribution in [1.29, 1.82) is 0 Å². The molecule has 0 aromatic heterocycles. The van der Waals surface area contributed by atoms with E-state index in [1.807, 2.05) is 0 Å². The summed E-state index contributed by atoms with van der Waals surface area (Å²) in [6.45, 7) is 1.87. The first-order chi connectivity index (χ1) is 8.61. The SMILES string of the molecule is COC(=O)C(CNC(C1CC1)C1CC1)NC(C)=O. The molecule has 0 aromatic carbocycles. The topological polar surface area (TPSA) is 67.4 Å². The zero-order valence-corrected chi connectivity index (χ0v) is 11.1. The third-order valence-corrected chi connectivity index (χ3v) is 3.68. The zero-order chi connectivity index (χ0) is 13.1. The van der Waals surface area contributed by atoms with Crippen molar-refractivity contribution in [2.75, 3.05) is 13.7 Å². The van der Waals surface area contributed by atoms with E-state index < -0.39 is 6.04 Å². The lowest BCUT2D eigenvalue weighted by atomic mass is 10.1. The smallest absolute Gasteiger partial charge is 0.329 e. The van der Waals surface area contributed by atoms with Crippen molar-refractivity contribution in [1.82, 2.24) is 10.6 Å². The lowest BCUT2D eigenvalue weighted by Crippen LogP contribution is -2.50. The van der Waals surface area contributed by atoms with E-state index in [0.717, 1.165) is 11.8 Å². The highest BCUT2D eigenvalue weighted by Gasteiger charge is 2.41. The van der Waals surface area contributed by atoms with Gasteiger partial charge < -0.3 is 15.4 Å². The van der Waals surface area contributed by atoms with Crippen LogP contribution in [0.3, 0.4) is 0 Å². The predicted molar refractivity (Wildman–Crippen MR) is 66.9 cm³/mol. The molecule has 0 radical (unpaired) electrons. The molecule has 1 amide bonds. The first-order valence-corrected chi connectivity index (χ1v) is 6.70. The van der Waals surface area contributed by atoms with E-state index in [4.69, 9.17) is 4.74 Å². The highest BCUT2D eigenvalue weighted by atomic mass is 16.5. The van der Waals surface area contributed by atoms with Crippen LogP contribution in [-0.2, 0) is 14.3 Å². The van der Waals surface area contributed by atoms with Crippen molar-refractivity contribution < 1.29 is 14.3 Å². The van der Waals surface area contributed by atoms with Crippen LogP contribution in [0.15, 0.2) is 0 Å². The largest absolute Gasteiger partial charge is 0.467 e. The second kappa shape index (κ2) is 5.69. The van der Waals surface area contributed by atoms with Crippen molar-refractivity contribution in [3.05, 3.63) is 0 Å². The minimum absolute atomic E-state index is 0.207. The zero-order valence-electron chi connectivity index (χ0n) is 11.1. The summed E-state index contributed by atoms with van der Waals surface area (Å²) in [7, 11) is 1.34. The Morgan fingerprint density at radius 2 is 1.78 bits per heavy atom. The van der Waals surface area contributed by atoms with Crippen LogP contribution in [-0.4, -0.2) is 37.6 Å². The molecule has 1 unspecified atom stereocenters. The Balaban J connectivity index is 1.83. The lowest BCUT2D eigenvalue weighted by Gasteiger charge is -2.22. The van der Waals surface area contributed by atoms with Crippen molar-refractivity contribution in [3.8, 4) is 0 Å². The minimum atomic E-state index is -0.576. The molecule has 102 valence electrons. The van der Waals surface area contributed by atoms with E-state index in [2.05, 4.69) is 10.6 Å². The van der Waals surface area contributed by atoms with Gasteiger partial charge in [0.15, 0.2) is 0 Å². The fourth-order valence-corrected chi connectivity index (χ4v) is 2.46. The van der Waals surface area contributed by atoms with Crippen LogP contribution >= 0.6 is 0 Å². The molecular formula is C13H22N2O3. The Morgan fingerprint density at radius 3 is 2.17 bits per heavy atom. The molecule has 18 heavy (non-hydrogen) atoms. The van der Waals surface area contributed by atoms with Crippen LogP contribution in [0.1, 0.15) is 32.6 Å². The number of nitrogens with one attached hydrogen (secondary N) is 2. The first-order valence-electron chi connectivity index (χ1n) is 6.70. The number of carbonyl (C=O) groups is 2. The summed E-state index contributed by atoms with van der Waals surface area (Å²) in [4.78, 5) is 22.6. The quantitative estimate of drug-likeness (QED) is 0.647. The fourth-order valence-electron chi connectivity index (χ4n) is 2.46. The summed E-state index contributed by atoms with van der Waals surface area (Å²) in [5, 5.41) is 6.08. The van der Waals surface area contributed by atoms with Gasteiger partial charge in [0.2, 0.25) is 5.91 Å². The number of amides is 1. The van der Waals surface area contributed by atoms with Crippen LogP contribution in [0.5, 0.6) is 0 Å². The summed E-state index contributed by atoms with van der Waals surface area (Å²) >= 11 is 0. The first kappa shape index (κ1) is 13.3. The van der Waals surface area contributed by atoms with E-state index in [1.165, 1.54) is 39.7 Å². The van der Waals surface area contributed by atoms with E-state index in [9.17, 15) is 9.59 Å². The molecule has 0 bridgehead atoms. The number of hydrogen-bond acceptors (Lipinski definition) is 4. The maximum Gasteiger partial charge on any atom is 0.329 e. The van der Waals surface area contributed by atoms with Crippen molar-refractivity contribution in [2.24, 2.45) is 11.8 Å². The lowest BCUT2D eigenvalue weighted by molar-refractivity contribution is -0.144. The average Bonchev–Trinajstić information content (AvgIpc) is 3.17. The molecule has 5 heteroatoms. The summed E-state index contributed by atoms with van der Waals surface area (Å²) in [5.74, 6) is 0.950.